The second-order valence-corrected chi connectivity index (χ2v) is 4.03. The number of hydrogen-bond acceptors (Lipinski definition) is 1. The molecule has 0 saturated carbocycles. The summed E-state index contributed by atoms with van der Waals surface area (Å²) in [7, 11) is 0. The summed E-state index contributed by atoms with van der Waals surface area (Å²) in [6.45, 7) is 0.857. The molecule has 1 aromatic rings. The molecule has 0 unspecified atom stereocenters. The fourth-order valence-corrected chi connectivity index (χ4v) is 2.53. The van der Waals surface area contributed by atoms with Crippen LogP contribution in [0.15, 0.2) is 29.8 Å². The Morgan fingerprint density at radius 2 is 1.93 bits per heavy atom. The zero-order chi connectivity index (χ0) is 9.38. The van der Waals surface area contributed by atoms with E-state index < -0.39 is 0 Å². The Bertz CT molecular complexity index is 390. The van der Waals surface area contributed by atoms with Crippen molar-refractivity contribution in [3.63, 3.8) is 0 Å². The molecule has 0 saturated heterocycles. The molecule has 1 aliphatic carbocycles. The van der Waals surface area contributed by atoms with Gasteiger partial charge in [0.2, 0.25) is 0 Å². The Labute approximate surface area is 84.4 Å². The molecule has 0 fully saturated rings. The molecule has 0 bridgehead atoms. The van der Waals surface area contributed by atoms with Crippen molar-refractivity contribution in [2.75, 3.05) is 6.61 Å². The van der Waals surface area contributed by atoms with E-state index in [1.807, 2.05) is 0 Å². The third-order valence-corrected chi connectivity index (χ3v) is 3.21. The van der Waals surface area contributed by atoms with Gasteiger partial charge in [0.25, 0.3) is 0 Å². The molecular formula is C13H14O. The molecular weight excluding hydrogens is 172 g/mol. The van der Waals surface area contributed by atoms with Crippen molar-refractivity contribution in [3.05, 3.63) is 35.4 Å². The van der Waals surface area contributed by atoms with Crippen molar-refractivity contribution < 1.29 is 4.74 Å². The molecule has 0 amide bonds. The largest absolute Gasteiger partial charge is 0.493 e. The Morgan fingerprint density at radius 3 is 2.93 bits per heavy atom. The number of benzene rings is 1. The van der Waals surface area contributed by atoms with Crippen LogP contribution in [0.1, 0.15) is 31.2 Å². The lowest BCUT2D eigenvalue weighted by molar-refractivity contribution is 0.322. The number of hydrogen-bond donors (Lipinski definition) is 0. The maximum absolute atomic E-state index is 5.74. The smallest absolute Gasteiger partial charge is 0.126 e. The summed E-state index contributed by atoms with van der Waals surface area (Å²) < 4.78 is 5.74. The molecule has 1 aliphatic heterocycles. The van der Waals surface area contributed by atoms with Gasteiger partial charge in [-0.3, -0.25) is 0 Å². The number of para-hydroxylation sites is 1. The normalized spacial score (nSPS) is 19.7. The van der Waals surface area contributed by atoms with Gasteiger partial charge in [0.15, 0.2) is 0 Å². The summed E-state index contributed by atoms with van der Waals surface area (Å²) in [6.07, 6.45) is 4.99. The number of ether oxygens (including phenoxy) is 1. The molecule has 14 heavy (non-hydrogen) atoms. The van der Waals surface area contributed by atoms with Gasteiger partial charge < -0.3 is 4.74 Å². The first-order chi connectivity index (χ1) is 6.95. The van der Waals surface area contributed by atoms with E-state index in [0.29, 0.717) is 0 Å². The van der Waals surface area contributed by atoms with Crippen molar-refractivity contribution in [2.45, 2.75) is 25.7 Å². The van der Waals surface area contributed by atoms with Gasteiger partial charge in [-0.15, -0.1) is 0 Å². The first-order valence-corrected chi connectivity index (χ1v) is 5.38. The molecule has 3 rings (SSSR count). The Hall–Kier alpha value is -1.24. The molecule has 0 atom stereocenters. The van der Waals surface area contributed by atoms with Crippen molar-refractivity contribution in [1.29, 1.82) is 0 Å². The minimum atomic E-state index is 0.857. The number of fused-ring (bicyclic) bond motifs is 2. The van der Waals surface area contributed by atoms with Crippen LogP contribution in [-0.2, 0) is 0 Å². The van der Waals surface area contributed by atoms with Gasteiger partial charge in [0.1, 0.15) is 5.75 Å². The van der Waals surface area contributed by atoms with E-state index in [9.17, 15) is 0 Å². The van der Waals surface area contributed by atoms with Gasteiger partial charge in [-0.25, -0.2) is 0 Å². The average Bonchev–Trinajstić information content (AvgIpc) is 2.61. The monoisotopic (exact) mass is 186 g/mol. The minimum absolute atomic E-state index is 0.857. The first-order valence-electron chi connectivity index (χ1n) is 5.38. The van der Waals surface area contributed by atoms with E-state index in [-0.39, 0.29) is 0 Å². The Kier molecular flexibility index (Phi) is 1.83. The molecule has 1 heteroatoms. The van der Waals surface area contributed by atoms with Gasteiger partial charge in [-0.2, -0.15) is 0 Å². The minimum Gasteiger partial charge on any atom is -0.493 e. The Morgan fingerprint density at radius 1 is 1.00 bits per heavy atom. The molecule has 2 aliphatic rings. The fraction of sp³-hybridized carbons (Fsp3) is 0.385. The molecule has 0 aromatic heterocycles. The van der Waals surface area contributed by atoms with Crippen LogP contribution in [0.5, 0.6) is 5.75 Å². The first kappa shape index (κ1) is 8.10. The van der Waals surface area contributed by atoms with Crippen LogP contribution >= 0.6 is 0 Å². The highest BCUT2D eigenvalue weighted by atomic mass is 16.5. The zero-order valence-electron chi connectivity index (χ0n) is 8.25. The highest BCUT2D eigenvalue weighted by Crippen LogP contribution is 2.41. The summed E-state index contributed by atoms with van der Waals surface area (Å²) in [5.41, 5.74) is 4.55. The summed E-state index contributed by atoms with van der Waals surface area (Å²) >= 11 is 0. The molecule has 1 nitrogen and oxygen atoms in total. The van der Waals surface area contributed by atoms with Gasteiger partial charge in [-0.05, 0) is 30.9 Å². The van der Waals surface area contributed by atoms with Crippen LogP contribution in [0.25, 0.3) is 5.57 Å². The Balaban J connectivity index is 2.16. The summed E-state index contributed by atoms with van der Waals surface area (Å²) in [5.74, 6) is 1.08. The second kappa shape index (κ2) is 3.16. The molecule has 0 N–H and O–H groups in total. The molecule has 1 heterocycles. The maximum atomic E-state index is 5.74. The van der Waals surface area contributed by atoms with Gasteiger partial charge in [0, 0.05) is 12.0 Å². The van der Waals surface area contributed by atoms with E-state index >= 15 is 0 Å². The SMILES string of the molecule is c1ccc2c(c1)OCCC1=C2CCC1. The second-order valence-electron chi connectivity index (χ2n) is 4.03. The maximum Gasteiger partial charge on any atom is 0.126 e. The molecule has 72 valence electrons. The predicted octanol–water partition coefficient (Wildman–Crippen LogP) is 3.41. The van der Waals surface area contributed by atoms with Crippen molar-refractivity contribution in [3.8, 4) is 5.75 Å². The zero-order valence-corrected chi connectivity index (χ0v) is 8.25. The quantitative estimate of drug-likeness (QED) is 0.603. The molecule has 0 radical (unpaired) electrons. The standard InChI is InChI=1S/C13H14O/c1-2-7-13-12(5-1)11-6-3-4-10(11)8-9-14-13/h1-2,5,7H,3-4,6,8-9H2. The summed E-state index contributed by atoms with van der Waals surface area (Å²) in [4.78, 5) is 0. The highest BCUT2D eigenvalue weighted by Gasteiger charge is 2.21. The topological polar surface area (TPSA) is 9.23 Å². The van der Waals surface area contributed by atoms with Crippen molar-refractivity contribution in [1.82, 2.24) is 0 Å². The van der Waals surface area contributed by atoms with Crippen LogP contribution in [0.4, 0.5) is 0 Å². The van der Waals surface area contributed by atoms with Crippen LogP contribution in [0, 0.1) is 0 Å². The molecule has 0 spiro atoms. The number of allylic oxidation sites excluding steroid dienone is 1. The van der Waals surface area contributed by atoms with Crippen LogP contribution in [0.2, 0.25) is 0 Å². The predicted molar refractivity (Wildman–Crippen MR) is 57.3 cm³/mol. The van der Waals surface area contributed by atoms with Gasteiger partial charge >= 0.3 is 0 Å². The third kappa shape index (κ3) is 1.16. The van der Waals surface area contributed by atoms with E-state index in [0.717, 1.165) is 18.8 Å². The van der Waals surface area contributed by atoms with Crippen molar-refractivity contribution >= 4 is 5.57 Å². The highest BCUT2D eigenvalue weighted by molar-refractivity contribution is 5.75. The molecule has 1 aromatic carbocycles. The summed E-state index contributed by atoms with van der Waals surface area (Å²) in [6, 6.07) is 8.45. The fourth-order valence-electron chi connectivity index (χ4n) is 2.53. The van der Waals surface area contributed by atoms with E-state index in [1.54, 1.807) is 11.1 Å². The van der Waals surface area contributed by atoms with Crippen LogP contribution in [-0.4, -0.2) is 6.61 Å². The van der Waals surface area contributed by atoms with Crippen molar-refractivity contribution in [2.24, 2.45) is 0 Å². The number of rotatable bonds is 0. The van der Waals surface area contributed by atoms with Gasteiger partial charge in [0.05, 0.1) is 6.61 Å². The van der Waals surface area contributed by atoms with Crippen LogP contribution in [0.3, 0.4) is 0 Å². The van der Waals surface area contributed by atoms with Gasteiger partial charge in [-0.1, -0.05) is 23.8 Å². The summed E-state index contributed by atoms with van der Waals surface area (Å²) in [5, 5.41) is 0. The van der Waals surface area contributed by atoms with E-state index in [4.69, 9.17) is 4.74 Å². The van der Waals surface area contributed by atoms with E-state index in [1.165, 1.54) is 24.8 Å². The van der Waals surface area contributed by atoms with E-state index in [2.05, 4.69) is 24.3 Å². The third-order valence-electron chi connectivity index (χ3n) is 3.21. The lowest BCUT2D eigenvalue weighted by Crippen LogP contribution is -1.96. The lowest BCUT2D eigenvalue weighted by Gasteiger charge is -2.08. The lowest BCUT2D eigenvalue weighted by atomic mass is 10.0. The van der Waals surface area contributed by atoms with Crippen LogP contribution < -0.4 is 4.74 Å². The average molecular weight is 186 g/mol.